The second-order valence-corrected chi connectivity index (χ2v) is 11.3. The summed E-state index contributed by atoms with van der Waals surface area (Å²) < 4.78 is 8.67. The highest BCUT2D eigenvalue weighted by atomic mass is 127. The molecule has 1 heterocycles. The summed E-state index contributed by atoms with van der Waals surface area (Å²) in [5.74, 6) is 0. The Morgan fingerprint density at radius 2 is 1.38 bits per heavy atom. The maximum atomic E-state index is 6.32. The van der Waals surface area contributed by atoms with Crippen molar-refractivity contribution in [1.29, 1.82) is 0 Å². The molecule has 0 saturated heterocycles. The Morgan fingerprint density at radius 1 is 0.618 bits per heavy atom. The highest BCUT2D eigenvalue weighted by Gasteiger charge is 2.52. The van der Waals surface area contributed by atoms with Crippen LogP contribution >= 0.6 is 38.5 Å². The summed E-state index contributed by atoms with van der Waals surface area (Å²) in [7, 11) is 0. The van der Waals surface area contributed by atoms with Crippen molar-refractivity contribution in [3.05, 3.63) is 127 Å². The van der Waals surface area contributed by atoms with Gasteiger partial charge in [0.1, 0.15) is 11.2 Å². The van der Waals surface area contributed by atoms with E-state index in [9.17, 15) is 0 Å². The SMILES string of the molecule is Brc1ccc2c(c1)C1(c3ccccc3-2)c2cc(I)ccc2-c2c1ccc1oc3ccccc3c21. The number of furan rings is 1. The fraction of sp³-hybridized carbons (Fsp3) is 0.0323. The summed E-state index contributed by atoms with van der Waals surface area (Å²) in [6, 6.07) is 35.5. The van der Waals surface area contributed by atoms with E-state index in [4.69, 9.17) is 4.42 Å². The quantitative estimate of drug-likeness (QED) is 0.156. The van der Waals surface area contributed by atoms with E-state index in [1.165, 1.54) is 58.9 Å². The number of hydrogen-bond donors (Lipinski definition) is 0. The van der Waals surface area contributed by atoms with Crippen molar-refractivity contribution in [1.82, 2.24) is 0 Å². The Labute approximate surface area is 218 Å². The minimum absolute atomic E-state index is 0.353. The lowest BCUT2D eigenvalue weighted by molar-refractivity contribution is 0.668. The van der Waals surface area contributed by atoms with E-state index in [-0.39, 0.29) is 5.41 Å². The van der Waals surface area contributed by atoms with Gasteiger partial charge in [-0.3, -0.25) is 0 Å². The molecule has 0 radical (unpaired) electrons. The predicted octanol–water partition coefficient (Wildman–Crippen LogP) is 9.30. The Balaban J connectivity index is 1.65. The van der Waals surface area contributed by atoms with E-state index in [1.807, 2.05) is 6.07 Å². The van der Waals surface area contributed by atoms with Crippen LogP contribution in [-0.2, 0) is 5.41 Å². The van der Waals surface area contributed by atoms with Crippen LogP contribution in [0.1, 0.15) is 22.3 Å². The molecule has 2 aliphatic carbocycles. The van der Waals surface area contributed by atoms with Crippen LogP contribution in [0, 0.1) is 3.57 Å². The molecule has 1 aromatic heterocycles. The number of benzene rings is 5. The first-order valence-electron chi connectivity index (χ1n) is 11.3. The van der Waals surface area contributed by atoms with Crippen molar-refractivity contribution in [3.8, 4) is 22.3 Å². The zero-order valence-corrected chi connectivity index (χ0v) is 21.6. The molecule has 0 amide bonds. The Bertz CT molecular complexity index is 1850. The number of rotatable bonds is 0. The summed E-state index contributed by atoms with van der Waals surface area (Å²) in [5.41, 5.74) is 12.2. The first-order valence-corrected chi connectivity index (χ1v) is 13.2. The van der Waals surface area contributed by atoms with Crippen LogP contribution in [0.4, 0.5) is 0 Å². The van der Waals surface area contributed by atoms with Crippen LogP contribution in [0.15, 0.2) is 106 Å². The second-order valence-electron chi connectivity index (χ2n) is 9.13. The molecule has 0 saturated carbocycles. The lowest BCUT2D eigenvalue weighted by Crippen LogP contribution is -2.26. The molecule has 0 N–H and O–H groups in total. The Morgan fingerprint density at radius 3 is 2.32 bits per heavy atom. The van der Waals surface area contributed by atoms with Crippen molar-refractivity contribution in [2.24, 2.45) is 0 Å². The minimum Gasteiger partial charge on any atom is -0.456 e. The van der Waals surface area contributed by atoms with Gasteiger partial charge in [0.25, 0.3) is 0 Å². The van der Waals surface area contributed by atoms with Crippen LogP contribution in [0.3, 0.4) is 0 Å². The number of halogens is 2. The third-order valence-electron chi connectivity index (χ3n) is 7.61. The van der Waals surface area contributed by atoms with Gasteiger partial charge in [-0.05, 0) is 103 Å². The molecule has 160 valence electrons. The fourth-order valence-corrected chi connectivity index (χ4v) is 7.28. The van der Waals surface area contributed by atoms with Gasteiger partial charge in [0, 0.05) is 18.8 Å². The van der Waals surface area contributed by atoms with E-state index >= 15 is 0 Å². The highest BCUT2D eigenvalue weighted by molar-refractivity contribution is 14.1. The summed E-state index contributed by atoms with van der Waals surface area (Å²) >= 11 is 6.24. The molecule has 0 fully saturated rings. The predicted molar refractivity (Wildman–Crippen MR) is 150 cm³/mol. The zero-order valence-electron chi connectivity index (χ0n) is 17.9. The van der Waals surface area contributed by atoms with Crippen LogP contribution in [-0.4, -0.2) is 0 Å². The lowest BCUT2D eigenvalue weighted by Gasteiger charge is -2.30. The third-order valence-corrected chi connectivity index (χ3v) is 8.77. The van der Waals surface area contributed by atoms with Crippen molar-refractivity contribution in [3.63, 3.8) is 0 Å². The van der Waals surface area contributed by atoms with Crippen LogP contribution in [0.2, 0.25) is 0 Å². The molecule has 3 heteroatoms. The molecular formula is C31H16BrIO. The minimum atomic E-state index is -0.353. The smallest absolute Gasteiger partial charge is 0.136 e. The molecule has 0 bridgehead atoms. The molecular weight excluding hydrogens is 595 g/mol. The molecule has 8 rings (SSSR count). The molecule has 2 aliphatic rings. The van der Waals surface area contributed by atoms with Gasteiger partial charge in [0.05, 0.1) is 5.41 Å². The van der Waals surface area contributed by atoms with Crippen molar-refractivity contribution >= 4 is 60.5 Å². The number of para-hydroxylation sites is 1. The summed E-state index contributed by atoms with van der Waals surface area (Å²) in [6.07, 6.45) is 0. The zero-order chi connectivity index (χ0) is 22.6. The maximum absolute atomic E-state index is 6.32. The molecule has 1 atom stereocenters. The van der Waals surface area contributed by atoms with Crippen molar-refractivity contribution in [2.75, 3.05) is 0 Å². The van der Waals surface area contributed by atoms with Gasteiger partial charge in [-0.25, -0.2) is 0 Å². The van der Waals surface area contributed by atoms with E-state index < -0.39 is 0 Å². The summed E-state index contributed by atoms with van der Waals surface area (Å²) in [6.45, 7) is 0. The summed E-state index contributed by atoms with van der Waals surface area (Å²) in [4.78, 5) is 0. The van der Waals surface area contributed by atoms with Crippen molar-refractivity contribution in [2.45, 2.75) is 5.41 Å². The fourth-order valence-electron chi connectivity index (χ4n) is 6.43. The number of fused-ring (bicyclic) bond motifs is 14. The normalized spacial score (nSPS) is 17.2. The van der Waals surface area contributed by atoms with Crippen molar-refractivity contribution < 1.29 is 4.42 Å². The monoisotopic (exact) mass is 610 g/mol. The Hall–Kier alpha value is -2.89. The van der Waals surface area contributed by atoms with Gasteiger partial charge in [-0.2, -0.15) is 0 Å². The topological polar surface area (TPSA) is 13.1 Å². The van der Waals surface area contributed by atoms with Gasteiger partial charge in [0.2, 0.25) is 0 Å². The molecule has 1 nitrogen and oxygen atoms in total. The second kappa shape index (κ2) is 6.61. The number of hydrogen-bond acceptors (Lipinski definition) is 1. The van der Waals surface area contributed by atoms with E-state index in [2.05, 4.69) is 130 Å². The molecule has 5 aromatic carbocycles. The van der Waals surface area contributed by atoms with Gasteiger partial charge >= 0.3 is 0 Å². The molecule has 1 spiro atoms. The molecule has 6 aromatic rings. The first-order chi connectivity index (χ1) is 16.7. The largest absolute Gasteiger partial charge is 0.456 e. The van der Waals surface area contributed by atoms with Gasteiger partial charge in [-0.1, -0.05) is 76.6 Å². The molecule has 34 heavy (non-hydrogen) atoms. The standard InChI is InChI=1S/C31H16BrIO/c32-17-9-11-20-19-5-1-3-7-23(19)31(25(20)15-17)24-13-14-28-30(22-6-2-4-8-27(22)34-28)29(24)21-12-10-18(33)16-26(21)31/h1-16H. The molecule has 1 unspecified atom stereocenters. The van der Waals surface area contributed by atoms with Crippen LogP contribution in [0.25, 0.3) is 44.2 Å². The first kappa shape index (κ1) is 19.4. The summed E-state index contributed by atoms with van der Waals surface area (Å²) in [5, 5.41) is 2.39. The van der Waals surface area contributed by atoms with E-state index in [1.54, 1.807) is 0 Å². The van der Waals surface area contributed by atoms with Gasteiger partial charge < -0.3 is 4.42 Å². The van der Waals surface area contributed by atoms with E-state index in [0.717, 1.165) is 15.6 Å². The average Bonchev–Trinajstić information content (AvgIpc) is 3.47. The van der Waals surface area contributed by atoms with Gasteiger partial charge in [-0.15, -0.1) is 0 Å². The molecule has 0 aliphatic heterocycles. The Kier molecular flexibility index (Phi) is 3.78. The van der Waals surface area contributed by atoms with Crippen LogP contribution < -0.4 is 0 Å². The van der Waals surface area contributed by atoms with Gasteiger partial charge in [0.15, 0.2) is 0 Å². The van der Waals surface area contributed by atoms with Crippen LogP contribution in [0.5, 0.6) is 0 Å². The lowest BCUT2D eigenvalue weighted by atomic mass is 9.70. The highest BCUT2D eigenvalue weighted by Crippen LogP contribution is 2.64. The maximum Gasteiger partial charge on any atom is 0.136 e. The third kappa shape index (κ3) is 2.21. The average molecular weight is 611 g/mol. The van der Waals surface area contributed by atoms with E-state index in [0.29, 0.717) is 0 Å².